The van der Waals surface area contributed by atoms with Crippen LogP contribution < -0.4 is 10.0 Å². The molecule has 3 rings (SSSR count). The van der Waals surface area contributed by atoms with Gasteiger partial charge >= 0.3 is 0 Å². The van der Waals surface area contributed by atoms with Gasteiger partial charge in [0.05, 0.1) is 4.90 Å². The van der Waals surface area contributed by atoms with Gasteiger partial charge in [-0.1, -0.05) is 24.3 Å². The van der Waals surface area contributed by atoms with Crippen LogP contribution >= 0.6 is 0 Å². The topological polar surface area (TPSA) is 84.5 Å². The SMILES string of the molecule is COCCCNC(=O)c1ccc(NS(=O)(=O)c2ccc(-c3cccc(F)c3)cc2)cc1. The van der Waals surface area contributed by atoms with Crippen LogP contribution in [0.15, 0.2) is 77.7 Å². The van der Waals surface area contributed by atoms with Crippen molar-refractivity contribution in [1.29, 1.82) is 0 Å². The van der Waals surface area contributed by atoms with Crippen LogP contribution in [0.3, 0.4) is 0 Å². The molecule has 3 aromatic rings. The Hall–Kier alpha value is -3.23. The van der Waals surface area contributed by atoms with Crippen LogP contribution in [0.25, 0.3) is 11.1 Å². The van der Waals surface area contributed by atoms with E-state index in [2.05, 4.69) is 10.0 Å². The summed E-state index contributed by atoms with van der Waals surface area (Å²) in [4.78, 5) is 12.2. The predicted octanol–water partition coefficient (Wildman–Crippen LogP) is 4.06. The van der Waals surface area contributed by atoms with Gasteiger partial charge < -0.3 is 10.1 Å². The first-order valence-electron chi connectivity index (χ1n) is 9.65. The van der Waals surface area contributed by atoms with Gasteiger partial charge in [-0.3, -0.25) is 9.52 Å². The first-order chi connectivity index (χ1) is 14.9. The highest BCUT2D eigenvalue weighted by Gasteiger charge is 2.15. The molecule has 2 N–H and O–H groups in total. The van der Waals surface area contributed by atoms with Crippen molar-refractivity contribution in [3.63, 3.8) is 0 Å². The molecule has 0 fully saturated rings. The van der Waals surface area contributed by atoms with E-state index in [4.69, 9.17) is 4.74 Å². The van der Waals surface area contributed by atoms with Gasteiger partial charge in [-0.2, -0.15) is 0 Å². The summed E-state index contributed by atoms with van der Waals surface area (Å²) in [6.07, 6.45) is 0.706. The average molecular weight is 443 g/mol. The van der Waals surface area contributed by atoms with E-state index in [0.29, 0.717) is 42.0 Å². The number of halogens is 1. The van der Waals surface area contributed by atoms with Crippen LogP contribution in [-0.4, -0.2) is 34.6 Å². The number of anilines is 1. The fourth-order valence-electron chi connectivity index (χ4n) is 2.92. The van der Waals surface area contributed by atoms with Gasteiger partial charge in [0, 0.05) is 31.5 Å². The Kier molecular flexibility index (Phi) is 7.38. The number of amides is 1. The van der Waals surface area contributed by atoms with Gasteiger partial charge in [0.2, 0.25) is 0 Å². The maximum Gasteiger partial charge on any atom is 0.261 e. The number of carbonyl (C=O) groups is 1. The zero-order valence-corrected chi connectivity index (χ0v) is 17.8. The molecule has 0 unspecified atom stereocenters. The molecule has 6 nitrogen and oxygen atoms in total. The molecular formula is C23H23FN2O4S. The highest BCUT2D eigenvalue weighted by atomic mass is 32.2. The molecule has 0 saturated carbocycles. The zero-order chi connectivity index (χ0) is 22.3. The average Bonchev–Trinajstić information content (AvgIpc) is 2.77. The lowest BCUT2D eigenvalue weighted by molar-refractivity contribution is 0.0948. The second-order valence-electron chi connectivity index (χ2n) is 6.82. The number of methoxy groups -OCH3 is 1. The van der Waals surface area contributed by atoms with E-state index in [1.54, 1.807) is 43.5 Å². The van der Waals surface area contributed by atoms with Gasteiger partial charge in [-0.25, -0.2) is 12.8 Å². The molecule has 0 aromatic heterocycles. The van der Waals surface area contributed by atoms with Crippen molar-refractivity contribution in [3.8, 4) is 11.1 Å². The Morgan fingerprint density at radius 1 is 0.968 bits per heavy atom. The summed E-state index contributed by atoms with van der Waals surface area (Å²) in [6.45, 7) is 1.05. The number of benzene rings is 3. The Morgan fingerprint density at radius 3 is 2.32 bits per heavy atom. The van der Waals surface area contributed by atoms with Crippen molar-refractivity contribution in [1.82, 2.24) is 5.32 Å². The minimum atomic E-state index is -3.81. The third-order valence-corrected chi connectivity index (χ3v) is 5.93. The van der Waals surface area contributed by atoms with Crippen LogP contribution in [-0.2, 0) is 14.8 Å². The van der Waals surface area contributed by atoms with E-state index in [-0.39, 0.29) is 16.6 Å². The predicted molar refractivity (Wildman–Crippen MR) is 118 cm³/mol. The molecule has 0 spiro atoms. The molecule has 0 atom stereocenters. The van der Waals surface area contributed by atoms with Crippen LogP contribution in [0.4, 0.5) is 10.1 Å². The molecular weight excluding hydrogens is 419 g/mol. The molecule has 0 bridgehead atoms. The van der Waals surface area contributed by atoms with Crippen molar-refractivity contribution in [2.24, 2.45) is 0 Å². The Morgan fingerprint density at radius 2 is 1.68 bits per heavy atom. The summed E-state index contributed by atoms with van der Waals surface area (Å²) in [5, 5.41) is 2.77. The smallest absolute Gasteiger partial charge is 0.261 e. The lowest BCUT2D eigenvalue weighted by atomic mass is 10.1. The highest BCUT2D eigenvalue weighted by molar-refractivity contribution is 7.92. The molecule has 0 saturated heterocycles. The summed E-state index contributed by atoms with van der Waals surface area (Å²) in [5.74, 6) is -0.596. The van der Waals surface area contributed by atoms with Crippen molar-refractivity contribution < 1.29 is 22.3 Å². The standard InChI is InChI=1S/C23H23FN2O4S/c1-30-15-3-14-25-23(27)18-6-10-21(11-7-18)26-31(28,29)22-12-8-17(9-13-22)19-4-2-5-20(24)16-19/h2,4-13,16,26H,3,14-15H2,1H3,(H,25,27). The maximum atomic E-state index is 13.4. The first-order valence-corrected chi connectivity index (χ1v) is 11.1. The second kappa shape index (κ2) is 10.2. The lowest BCUT2D eigenvalue weighted by Crippen LogP contribution is -2.25. The molecule has 1 amide bonds. The summed E-state index contributed by atoms with van der Waals surface area (Å²) in [7, 11) is -2.21. The van der Waals surface area contributed by atoms with Crippen molar-refractivity contribution in [2.45, 2.75) is 11.3 Å². The van der Waals surface area contributed by atoms with E-state index >= 15 is 0 Å². The quantitative estimate of drug-likeness (QED) is 0.490. The minimum absolute atomic E-state index is 0.0765. The van der Waals surface area contributed by atoms with E-state index < -0.39 is 10.0 Å². The number of carbonyl (C=O) groups excluding carboxylic acids is 1. The molecule has 3 aromatic carbocycles. The summed E-state index contributed by atoms with van der Waals surface area (Å²) < 4.78 is 46.1. The molecule has 8 heteroatoms. The van der Waals surface area contributed by atoms with Gasteiger partial charge in [-0.05, 0) is 66.1 Å². The van der Waals surface area contributed by atoms with Gasteiger partial charge in [0.1, 0.15) is 5.82 Å². The number of rotatable bonds is 9. The first kappa shape index (κ1) is 22.5. The summed E-state index contributed by atoms with van der Waals surface area (Å²) >= 11 is 0. The Balaban J connectivity index is 1.65. The maximum absolute atomic E-state index is 13.4. The number of ether oxygens (including phenoxy) is 1. The fourth-order valence-corrected chi connectivity index (χ4v) is 3.98. The largest absolute Gasteiger partial charge is 0.385 e. The van der Waals surface area contributed by atoms with E-state index in [1.165, 1.54) is 36.4 Å². The van der Waals surface area contributed by atoms with E-state index in [1.807, 2.05) is 0 Å². The molecule has 0 radical (unpaired) electrons. The monoisotopic (exact) mass is 442 g/mol. The normalized spacial score (nSPS) is 11.2. The Bertz CT molecular complexity index is 1130. The van der Waals surface area contributed by atoms with E-state index in [9.17, 15) is 17.6 Å². The minimum Gasteiger partial charge on any atom is -0.385 e. The van der Waals surface area contributed by atoms with Gasteiger partial charge in [0.15, 0.2) is 0 Å². The van der Waals surface area contributed by atoms with Crippen LogP contribution in [0.5, 0.6) is 0 Å². The van der Waals surface area contributed by atoms with Crippen molar-refractivity contribution in [3.05, 3.63) is 84.2 Å². The van der Waals surface area contributed by atoms with Crippen LogP contribution in [0.1, 0.15) is 16.8 Å². The van der Waals surface area contributed by atoms with Crippen LogP contribution in [0, 0.1) is 5.82 Å². The number of sulfonamides is 1. The number of nitrogens with one attached hydrogen (secondary N) is 2. The second-order valence-corrected chi connectivity index (χ2v) is 8.50. The van der Waals surface area contributed by atoms with Crippen LogP contribution in [0.2, 0.25) is 0 Å². The number of hydrogen-bond donors (Lipinski definition) is 2. The molecule has 162 valence electrons. The van der Waals surface area contributed by atoms with E-state index in [0.717, 1.165) is 0 Å². The highest BCUT2D eigenvalue weighted by Crippen LogP contribution is 2.23. The van der Waals surface area contributed by atoms with Gasteiger partial charge in [-0.15, -0.1) is 0 Å². The Labute approximate surface area is 181 Å². The lowest BCUT2D eigenvalue weighted by Gasteiger charge is -2.10. The fraction of sp³-hybridized carbons (Fsp3) is 0.174. The molecule has 0 heterocycles. The molecule has 0 aliphatic carbocycles. The van der Waals surface area contributed by atoms with Crippen molar-refractivity contribution in [2.75, 3.05) is 25.0 Å². The van der Waals surface area contributed by atoms with Crippen molar-refractivity contribution >= 4 is 21.6 Å². The van der Waals surface area contributed by atoms with Gasteiger partial charge in [0.25, 0.3) is 15.9 Å². The third kappa shape index (κ3) is 6.13. The molecule has 0 aliphatic heterocycles. The molecule has 31 heavy (non-hydrogen) atoms. The number of hydrogen-bond acceptors (Lipinski definition) is 4. The summed E-state index contributed by atoms with van der Waals surface area (Å²) in [5.41, 5.74) is 2.14. The zero-order valence-electron chi connectivity index (χ0n) is 17.0. The third-order valence-electron chi connectivity index (χ3n) is 4.53. The molecule has 0 aliphatic rings. The summed E-state index contributed by atoms with van der Waals surface area (Å²) in [6, 6.07) is 18.4.